The number of hydrogen-bond donors (Lipinski definition) is 2. The molecule has 0 aliphatic heterocycles. The van der Waals surface area contributed by atoms with Gasteiger partial charge in [-0.3, -0.25) is 9.89 Å². The lowest BCUT2D eigenvalue weighted by Crippen LogP contribution is -2.18. The van der Waals surface area contributed by atoms with Gasteiger partial charge in [-0.2, -0.15) is 10.2 Å². The number of nitrogens with zero attached hydrogens (tertiary/aromatic N) is 2. The number of aromatic nitrogens is 2. The summed E-state index contributed by atoms with van der Waals surface area (Å²) in [6, 6.07) is 21.1. The molecule has 4 rings (SSSR count). The van der Waals surface area contributed by atoms with E-state index in [0.717, 1.165) is 16.3 Å². The number of hydrazone groups is 1. The molecule has 0 saturated heterocycles. The Hall–Kier alpha value is -4.13. The quantitative estimate of drug-likeness (QED) is 0.378. The highest BCUT2D eigenvalue weighted by atomic mass is 16.5. The molecule has 0 saturated carbocycles. The summed E-state index contributed by atoms with van der Waals surface area (Å²) in [5, 5.41) is 13.3. The van der Waals surface area contributed by atoms with Crippen molar-refractivity contribution in [1.29, 1.82) is 0 Å². The molecule has 2 N–H and O–H groups in total. The molecule has 0 atom stereocenters. The number of benzene rings is 3. The van der Waals surface area contributed by atoms with Crippen LogP contribution in [0.4, 0.5) is 0 Å². The minimum absolute atomic E-state index is 0.313. The van der Waals surface area contributed by atoms with Gasteiger partial charge in [0.05, 0.1) is 26.1 Å². The molecule has 0 radical (unpaired) electrons. The number of rotatable bonds is 6. The fraction of sp³-hybridized carbons (Fsp3) is 0.0870. The van der Waals surface area contributed by atoms with Gasteiger partial charge in [0.15, 0.2) is 0 Å². The van der Waals surface area contributed by atoms with Crippen LogP contribution in [0.25, 0.3) is 22.0 Å². The number of methoxy groups -OCH3 is 2. The first-order chi connectivity index (χ1) is 14.7. The summed E-state index contributed by atoms with van der Waals surface area (Å²) in [4.78, 5) is 12.5. The van der Waals surface area contributed by atoms with E-state index in [0.29, 0.717) is 28.5 Å². The van der Waals surface area contributed by atoms with Crippen LogP contribution >= 0.6 is 0 Å². The third-order valence-corrected chi connectivity index (χ3v) is 4.69. The van der Waals surface area contributed by atoms with Gasteiger partial charge in [-0.15, -0.1) is 0 Å². The van der Waals surface area contributed by atoms with E-state index in [4.69, 9.17) is 9.47 Å². The summed E-state index contributed by atoms with van der Waals surface area (Å²) in [5.74, 6) is 0.887. The van der Waals surface area contributed by atoms with Crippen molar-refractivity contribution in [3.63, 3.8) is 0 Å². The Balaban J connectivity index is 1.52. The van der Waals surface area contributed by atoms with Crippen molar-refractivity contribution in [1.82, 2.24) is 15.6 Å². The molecule has 1 aromatic heterocycles. The van der Waals surface area contributed by atoms with Crippen molar-refractivity contribution >= 4 is 22.9 Å². The number of amides is 1. The monoisotopic (exact) mass is 400 g/mol. The predicted molar refractivity (Wildman–Crippen MR) is 116 cm³/mol. The molecule has 1 amide bonds. The number of ether oxygens (including phenoxy) is 2. The van der Waals surface area contributed by atoms with E-state index >= 15 is 0 Å². The molecule has 7 heteroatoms. The SMILES string of the molecule is COc1ccc(OC)c(/C=N/NC(=O)c2cc(-c3cccc4ccccc34)n[nH]2)c1. The van der Waals surface area contributed by atoms with Gasteiger partial charge in [0.25, 0.3) is 5.91 Å². The van der Waals surface area contributed by atoms with Gasteiger partial charge in [-0.05, 0) is 35.0 Å². The minimum atomic E-state index is -0.396. The highest BCUT2D eigenvalue weighted by molar-refractivity contribution is 5.98. The van der Waals surface area contributed by atoms with Crippen LogP contribution in [0, 0.1) is 0 Å². The Labute approximate surface area is 173 Å². The number of aromatic amines is 1. The van der Waals surface area contributed by atoms with Crippen LogP contribution in [-0.2, 0) is 0 Å². The predicted octanol–water partition coefficient (Wildman–Crippen LogP) is 4.01. The fourth-order valence-corrected chi connectivity index (χ4v) is 3.19. The first-order valence-corrected chi connectivity index (χ1v) is 9.28. The van der Waals surface area contributed by atoms with Gasteiger partial charge in [0, 0.05) is 11.1 Å². The lowest BCUT2D eigenvalue weighted by molar-refractivity contribution is 0.0950. The van der Waals surface area contributed by atoms with Gasteiger partial charge in [0.1, 0.15) is 17.2 Å². The van der Waals surface area contributed by atoms with E-state index in [2.05, 4.69) is 20.7 Å². The first kappa shape index (κ1) is 19.2. The molecule has 0 aliphatic carbocycles. The maximum absolute atomic E-state index is 12.5. The molecule has 0 spiro atoms. The lowest BCUT2D eigenvalue weighted by atomic mass is 10.0. The Morgan fingerprint density at radius 1 is 1.03 bits per heavy atom. The molecule has 150 valence electrons. The smallest absolute Gasteiger partial charge is 0.289 e. The Morgan fingerprint density at radius 3 is 2.70 bits per heavy atom. The highest BCUT2D eigenvalue weighted by Crippen LogP contribution is 2.27. The number of carbonyl (C=O) groups is 1. The van der Waals surface area contributed by atoms with Gasteiger partial charge >= 0.3 is 0 Å². The molecule has 7 nitrogen and oxygen atoms in total. The number of fused-ring (bicyclic) bond motifs is 1. The third kappa shape index (κ3) is 3.86. The maximum Gasteiger partial charge on any atom is 0.289 e. The van der Waals surface area contributed by atoms with Crippen LogP contribution in [0.3, 0.4) is 0 Å². The third-order valence-electron chi connectivity index (χ3n) is 4.69. The highest BCUT2D eigenvalue weighted by Gasteiger charge is 2.12. The molecule has 0 unspecified atom stereocenters. The zero-order valence-corrected chi connectivity index (χ0v) is 16.5. The van der Waals surface area contributed by atoms with Crippen LogP contribution in [0.5, 0.6) is 11.5 Å². The molecule has 4 aromatic rings. The molecule has 3 aromatic carbocycles. The van der Waals surface area contributed by atoms with Crippen molar-refractivity contribution in [2.45, 2.75) is 0 Å². The van der Waals surface area contributed by atoms with Crippen molar-refractivity contribution in [3.05, 3.63) is 78.0 Å². The zero-order chi connectivity index (χ0) is 20.9. The molecular formula is C23H20N4O3. The summed E-state index contributed by atoms with van der Waals surface area (Å²) >= 11 is 0. The summed E-state index contributed by atoms with van der Waals surface area (Å²) < 4.78 is 10.5. The van der Waals surface area contributed by atoms with E-state index in [1.807, 2.05) is 42.5 Å². The van der Waals surface area contributed by atoms with Gasteiger partial charge in [-0.25, -0.2) is 5.43 Å². The largest absolute Gasteiger partial charge is 0.497 e. The maximum atomic E-state index is 12.5. The van der Waals surface area contributed by atoms with E-state index in [-0.39, 0.29) is 0 Å². The lowest BCUT2D eigenvalue weighted by Gasteiger charge is -2.06. The number of hydrogen-bond acceptors (Lipinski definition) is 5. The minimum Gasteiger partial charge on any atom is -0.497 e. The summed E-state index contributed by atoms with van der Waals surface area (Å²) in [5.41, 5.74) is 5.13. The second-order valence-electron chi connectivity index (χ2n) is 6.50. The van der Waals surface area contributed by atoms with Crippen LogP contribution in [-0.4, -0.2) is 36.5 Å². The van der Waals surface area contributed by atoms with Crippen LogP contribution in [0.15, 0.2) is 71.8 Å². The van der Waals surface area contributed by atoms with E-state index in [1.165, 1.54) is 6.21 Å². The molecule has 0 bridgehead atoms. The van der Waals surface area contributed by atoms with Gasteiger partial charge < -0.3 is 9.47 Å². The molecule has 0 aliphatic rings. The molecule has 1 heterocycles. The Morgan fingerprint density at radius 2 is 1.87 bits per heavy atom. The number of carbonyl (C=O) groups excluding carboxylic acids is 1. The summed E-state index contributed by atoms with van der Waals surface area (Å²) in [7, 11) is 3.15. The second kappa shape index (κ2) is 8.48. The van der Waals surface area contributed by atoms with E-state index in [1.54, 1.807) is 38.5 Å². The van der Waals surface area contributed by atoms with Crippen molar-refractivity contribution in [2.75, 3.05) is 14.2 Å². The van der Waals surface area contributed by atoms with E-state index < -0.39 is 5.91 Å². The molecule has 30 heavy (non-hydrogen) atoms. The Kier molecular flexibility index (Phi) is 5.43. The van der Waals surface area contributed by atoms with E-state index in [9.17, 15) is 4.79 Å². The van der Waals surface area contributed by atoms with Gasteiger partial charge in [0.2, 0.25) is 0 Å². The standard InChI is InChI=1S/C23H20N4O3/c1-29-17-10-11-22(30-2)16(12-17)14-24-27-23(28)21-13-20(25-26-21)19-9-5-7-15-6-3-4-8-18(15)19/h3-14H,1-2H3,(H,25,26)(H,27,28)/b24-14+. The van der Waals surface area contributed by atoms with Crippen LogP contribution in [0.1, 0.15) is 16.1 Å². The van der Waals surface area contributed by atoms with Gasteiger partial charge in [-0.1, -0.05) is 42.5 Å². The number of nitrogens with one attached hydrogen (secondary N) is 2. The second-order valence-corrected chi connectivity index (χ2v) is 6.50. The zero-order valence-electron chi connectivity index (χ0n) is 16.5. The average Bonchev–Trinajstić information content (AvgIpc) is 3.28. The summed E-state index contributed by atoms with van der Waals surface area (Å²) in [6.07, 6.45) is 1.50. The van der Waals surface area contributed by atoms with Crippen molar-refractivity contribution in [2.24, 2.45) is 5.10 Å². The topological polar surface area (TPSA) is 88.6 Å². The fourth-order valence-electron chi connectivity index (χ4n) is 3.19. The molecular weight excluding hydrogens is 380 g/mol. The van der Waals surface area contributed by atoms with Crippen molar-refractivity contribution < 1.29 is 14.3 Å². The average molecular weight is 400 g/mol. The normalized spacial score (nSPS) is 11.0. The molecule has 0 fully saturated rings. The van der Waals surface area contributed by atoms with Crippen LogP contribution in [0.2, 0.25) is 0 Å². The van der Waals surface area contributed by atoms with Crippen LogP contribution < -0.4 is 14.9 Å². The summed E-state index contributed by atoms with van der Waals surface area (Å²) in [6.45, 7) is 0. The van der Waals surface area contributed by atoms with Crippen molar-refractivity contribution in [3.8, 4) is 22.8 Å². The first-order valence-electron chi connectivity index (χ1n) is 9.28. The Bertz CT molecular complexity index is 1220. The number of H-pyrrole nitrogens is 1.